The maximum absolute atomic E-state index is 12.7. The first kappa shape index (κ1) is 18.2. The average Bonchev–Trinajstić information content (AvgIpc) is 3.38. The van der Waals surface area contributed by atoms with Gasteiger partial charge in [0.1, 0.15) is 6.04 Å². The molecule has 5 rings (SSSR count). The van der Waals surface area contributed by atoms with Crippen molar-refractivity contribution >= 4 is 28.0 Å². The van der Waals surface area contributed by atoms with Crippen LogP contribution in [0.1, 0.15) is 42.8 Å². The minimum absolute atomic E-state index is 0.109. The summed E-state index contributed by atoms with van der Waals surface area (Å²) >= 11 is 0. The van der Waals surface area contributed by atoms with Crippen LogP contribution >= 0.6 is 0 Å². The lowest BCUT2D eigenvalue weighted by Crippen LogP contribution is -2.28. The number of fused-ring (bicyclic) bond motifs is 3. The molecule has 1 N–H and O–H groups in total. The van der Waals surface area contributed by atoms with Gasteiger partial charge in [-0.25, -0.2) is 9.52 Å². The molecule has 0 spiro atoms. The molecule has 3 heterocycles. The molecule has 1 aliphatic rings. The standard InChI is InChI=1S/C22H20N6O2/c1-3-19(29)27-18(12-17(25-27)14-10-8-13(2)9-11-14)21-24-23-20-15-6-4-5-7-16(15)22(30)26-28(20)21/h4-11,18H,3,12H2,1-2H3,(H,26,30). The number of nitrogens with zero attached hydrogens (tertiary/aromatic N) is 5. The van der Waals surface area contributed by atoms with Gasteiger partial charge in [0.15, 0.2) is 11.5 Å². The summed E-state index contributed by atoms with van der Waals surface area (Å²) in [6.45, 7) is 3.83. The van der Waals surface area contributed by atoms with Crippen molar-refractivity contribution in [1.29, 1.82) is 0 Å². The van der Waals surface area contributed by atoms with E-state index in [0.717, 1.165) is 16.8 Å². The number of aromatic amines is 1. The van der Waals surface area contributed by atoms with Crippen LogP contribution in [-0.4, -0.2) is 36.4 Å². The van der Waals surface area contributed by atoms with E-state index in [1.807, 2.05) is 49.4 Å². The Labute approximate surface area is 171 Å². The number of benzene rings is 2. The molecule has 1 aliphatic heterocycles. The molecule has 150 valence electrons. The highest BCUT2D eigenvalue weighted by molar-refractivity contribution is 6.03. The third kappa shape index (κ3) is 2.80. The Hall–Kier alpha value is -3.81. The van der Waals surface area contributed by atoms with Crippen LogP contribution in [-0.2, 0) is 4.79 Å². The van der Waals surface area contributed by atoms with Gasteiger partial charge in [-0.2, -0.15) is 5.10 Å². The van der Waals surface area contributed by atoms with Crippen LogP contribution in [0.4, 0.5) is 0 Å². The second-order valence-corrected chi connectivity index (χ2v) is 7.43. The van der Waals surface area contributed by atoms with Crippen molar-refractivity contribution in [1.82, 2.24) is 24.8 Å². The van der Waals surface area contributed by atoms with Crippen molar-refractivity contribution in [2.75, 3.05) is 0 Å². The molecule has 1 atom stereocenters. The van der Waals surface area contributed by atoms with Gasteiger partial charge in [-0.3, -0.25) is 14.7 Å². The molecule has 0 bridgehead atoms. The van der Waals surface area contributed by atoms with Crippen molar-refractivity contribution in [3.63, 3.8) is 0 Å². The van der Waals surface area contributed by atoms with Crippen LogP contribution in [0, 0.1) is 6.92 Å². The van der Waals surface area contributed by atoms with E-state index < -0.39 is 6.04 Å². The third-order valence-corrected chi connectivity index (χ3v) is 5.47. The summed E-state index contributed by atoms with van der Waals surface area (Å²) in [5.41, 5.74) is 3.24. The van der Waals surface area contributed by atoms with E-state index in [-0.39, 0.29) is 11.5 Å². The Bertz CT molecular complexity index is 1370. The molecule has 8 nitrogen and oxygen atoms in total. The summed E-state index contributed by atoms with van der Waals surface area (Å²) in [5.74, 6) is 0.377. The SMILES string of the molecule is CCC(=O)N1N=C(c2ccc(C)cc2)CC1c1nnc2c3ccccc3c(=O)[nH]n12. The summed E-state index contributed by atoms with van der Waals surface area (Å²) in [5, 5.41) is 18.9. The summed E-state index contributed by atoms with van der Waals surface area (Å²) in [4.78, 5) is 25.3. The minimum Gasteiger partial charge on any atom is -0.273 e. The molecule has 1 amide bonds. The Morgan fingerprint density at radius 2 is 1.83 bits per heavy atom. The molecule has 0 saturated heterocycles. The topological polar surface area (TPSA) is 95.7 Å². The van der Waals surface area contributed by atoms with Gasteiger partial charge in [0.2, 0.25) is 5.91 Å². The van der Waals surface area contributed by atoms with Crippen molar-refractivity contribution in [3.05, 3.63) is 75.8 Å². The molecule has 1 unspecified atom stereocenters. The maximum Gasteiger partial charge on any atom is 0.270 e. The third-order valence-electron chi connectivity index (χ3n) is 5.47. The number of amides is 1. The van der Waals surface area contributed by atoms with Gasteiger partial charge in [-0.15, -0.1) is 10.2 Å². The highest BCUT2D eigenvalue weighted by Crippen LogP contribution is 2.32. The fraction of sp³-hybridized carbons (Fsp3) is 0.227. The van der Waals surface area contributed by atoms with Crippen LogP contribution < -0.4 is 5.56 Å². The molecular formula is C22H20N6O2. The summed E-state index contributed by atoms with van der Waals surface area (Å²) < 4.78 is 1.58. The molecule has 2 aromatic heterocycles. The Morgan fingerprint density at radius 3 is 2.57 bits per heavy atom. The maximum atomic E-state index is 12.7. The number of hydrogen-bond acceptors (Lipinski definition) is 5. The van der Waals surface area contributed by atoms with Crippen LogP contribution in [0.2, 0.25) is 0 Å². The van der Waals surface area contributed by atoms with Crippen molar-refractivity contribution in [2.24, 2.45) is 5.10 Å². The number of carbonyl (C=O) groups excluding carboxylic acids is 1. The van der Waals surface area contributed by atoms with Gasteiger partial charge >= 0.3 is 0 Å². The van der Waals surface area contributed by atoms with E-state index in [9.17, 15) is 9.59 Å². The number of aryl methyl sites for hydroxylation is 1. The number of hydrazone groups is 1. The molecule has 30 heavy (non-hydrogen) atoms. The monoisotopic (exact) mass is 400 g/mol. The van der Waals surface area contributed by atoms with Crippen molar-refractivity contribution in [2.45, 2.75) is 32.7 Å². The average molecular weight is 400 g/mol. The quantitative estimate of drug-likeness (QED) is 0.572. The van der Waals surface area contributed by atoms with Gasteiger partial charge in [-0.05, 0) is 18.6 Å². The summed E-state index contributed by atoms with van der Waals surface area (Å²) in [6.07, 6.45) is 0.807. The van der Waals surface area contributed by atoms with Crippen LogP contribution in [0.5, 0.6) is 0 Å². The lowest BCUT2D eigenvalue weighted by Gasteiger charge is -2.19. The predicted molar refractivity (Wildman–Crippen MR) is 113 cm³/mol. The molecule has 0 fully saturated rings. The van der Waals surface area contributed by atoms with Crippen molar-refractivity contribution < 1.29 is 4.79 Å². The molecule has 0 aliphatic carbocycles. The van der Waals surface area contributed by atoms with E-state index in [1.165, 1.54) is 5.01 Å². The fourth-order valence-corrected chi connectivity index (χ4v) is 3.86. The Morgan fingerprint density at radius 1 is 1.10 bits per heavy atom. The van der Waals surface area contributed by atoms with Gasteiger partial charge in [0, 0.05) is 18.2 Å². The highest BCUT2D eigenvalue weighted by Gasteiger charge is 2.36. The second-order valence-electron chi connectivity index (χ2n) is 7.43. The number of rotatable bonds is 3. The molecule has 0 radical (unpaired) electrons. The first-order valence-corrected chi connectivity index (χ1v) is 9.89. The van der Waals surface area contributed by atoms with Gasteiger partial charge in [0.25, 0.3) is 5.56 Å². The normalized spacial score (nSPS) is 16.4. The van der Waals surface area contributed by atoms with Crippen LogP contribution in [0.15, 0.2) is 58.4 Å². The van der Waals surface area contributed by atoms with E-state index in [1.54, 1.807) is 17.5 Å². The van der Waals surface area contributed by atoms with Gasteiger partial charge in [0.05, 0.1) is 11.1 Å². The number of H-pyrrole nitrogens is 1. The summed E-state index contributed by atoms with van der Waals surface area (Å²) in [7, 11) is 0. The number of nitrogens with one attached hydrogen (secondary N) is 1. The molecule has 8 heteroatoms. The lowest BCUT2D eigenvalue weighted by molar-refractivity contribution is -0.132. The van der Waals surface area contributed by atoms with E-state index in [0.29, 0.717) is 35.1 Å². The predicted octanol–water partition coefficient (Wildman–Crippen LogP) is 2.97. The largest absolute Gasteiger partial charge is 0.273 e. The van der Waals surface area contributed by atoms with Crippen LogP contribution in [0.3, 0.4) is 0 Å². The highest BCUT2D eigenvalue weighted by atomic mass is 16.2. The van der Waals surface area contributed by atoms with Crippen LogP contribution in [0.25, 0.3) is 16.4 Å². The van der Waals surface area contributed by atoms with Gasteiger partial charge in [-0.1, -0.05) is 55.0 Å². The second kappa shape index (κ2) is 6.91. The van der Waals surface area contributed by atoms with E-state index in [4.69, 9.17) is 0 Å². The van der Waals surface area contributed by atoms with Gasteiger partial charge < -0.3 is 0 Å². The molecule has 2 aromatic carbocycles. The molecule has 0 saturated carbocycles. The molecule has 4 aromatic rings. The first-order chi connectivity index (χ1) is 14.6. The zero-order valence-corrected chi connectivity index (χ0v) is 16.7. The molecular weight excluding hydrogens is 380 g/mol. The Balaban J connectivity index is 1.64. The summed E-state index contributed by atoms with van der Waals surface area (Å²) in [6, 6.07) is 14.9. The fourth-order valence-electron chi connectivity index (χ4n) is 3.86. The Kier molecular flexibility index (Phi) is 4.20. The van der Waals surface area contributed by atoms with E-state index >= 15 is 0 Å². The smallest absolute Gasteiger partial charge is 0.270 e. The number of aromatic nitrogens is 4. The number of hydrogen-bond donors (Lipinski definition) is 1. The minimum atomic E-state index is -0.444. The lowest BCUT2D eigenvalue weighted by atomic mass is 10.0. The van der Waals surface area contributed by atoms with Crippen molar-refractivity contribution in [3.8, 4) is 0 Å². The zero-order chi connectivity index (χ0) is 20.8. The zero-order valence-electron chi connectivity index (χ0n) is 16.7. The first-order valence-electron chi connectivity index (χ1n) is 9.89. The van der Waals surface area contributed by atoms with E-state index in [2.05, 4.69) is 20.4 Å². The number of carbonyl (C=O) groups is 1.